The fourth-order valence-electron chi connectivity index (χ4n) is 1.86. The summed E-state index contributed by atoms with van der Waals surface area (Å²) in [5.74, 6) is -3.48. The van der Waals surface area contributed by atoms with Crippen LogP contribution in [-0.4, -0.2) is 24.8 Å². The molecule has 2 N–H and O–H groups in total. The third-order valence-corrected chi connectivity index (χ3v) is 4.56. The van der Waals surface area contributed by atoms with Gasteiger partial charge in [-0.05, 0) is 36.4 Å². The molecule has 0 bridgehead atoms. The molecule has 1 aromatic carbocycles. The summed E-state index contributed by atoms with van der Waals surface area (Å²) in [5, 5.41) is 5.12. The van der Waals surface area contributed by atoms with Gasteiger partial charge in [-0.15, -0.1) is 0 Å². The van der Waals surface area contributed by atoms with Crippen LogP contribution in [-0.2, 0) is 23.4 Å². The van der Waals surface area contributed by atoms with Gasteiger partial charge in [0.2, 0.25) is 9.84 Å². The highest BCUT2D eigenvalue weighted by molar-refractivity contribution is 7.91. The second-order valence-electron chi connectivity index (χ2n) is 4.75. The Labute approximate surface area is 132 Å². The largest absolute Gasteiger partial charge is 0.353 e. The molecule has 0 radical (unpaired) electrons. The zero-order valence-electron chi connectivity index (χ0n) is 12.2. The highest BCUT2D eigenvalue weighted by Crippen LogP contribution is 2.20. The van der Waals surface area contributed by atoms with Gasteiger partial charge in [0.15, 0.2) is 0 Å². The Morgan fingerprint density at radius 1 is 1.22 bits per heavy atom. The molecule has 2 amide bonds. The number of carbonyl (C=O) groups excluding carboxylic acids is 1. The van der Waals surface area contributed by atoms with Gasteiger partial charge in [0.05, 0.1) is 11.4 Å². The molecule has 9 heteroatoms. The van der Waals surface area contributed by atoms with E-state index < -0.39 is 26.5 Å². The van der Waals surface area contributed by atoms with E-state index in [9.17, 15) is 22.0 Å². The zero-order chi connectivity index (χ0) is 17.0. The molecule has 0 fully saturated rings. The first-order valence-electron chi connectivity index (χ1n) is 6.58. The van der Waals surface area contributed by atoms with Crippen LogP contribution in [0.15, 0.2) is 47.5 Å². The topological polar surface area (TPSA) is 80.2 Å². The van der Waals surface area contributed by atoms with Crippen molar-refractivity contribution in [1.29, 1.82) is 0 Å². The number of urea groups is 1. The van der Waals surface area contributed by atoms with Crippen molar-refractivity contribution in [1.82, 2.24) is 9.88 Å². The molecular weight excluding hydrogens is 328 g/mol. The standard InChI is InChI=1S/C14H15F2N3O3S/c1-19-8-2-3-11(19)9-17-14(20)18-10-4-6-12(7-5-10)23(21,22)13(15)16/h2-8,13H,9H2,1H3,(H2,17,18,20). The van der Waals surface area contributed by atoms with Gasteiger partial charge in [-0.1, -0.05) is 0 Å². The average Bonchev–Trinajstić information content (AvgIpc) is 2.91. The number of benzene rings is 1. The lowest BCUT2D eigenvalue weighted by atomic mass is 10.3. The molecule has 0 aliphatic heterocycles. The molecule has 0 spiro atoms. The van der Waals surface area contributed by atoms with Crippen LogP contribution in [0.5, 0.6) is 0 Å². The SMILES string of the molecule is Cn1cccc1CNC(=O)Nc1ccc(S(=O)(=O)C(F)F)cc1. The van der Waals surface area contributed by atoms with Crippen LogP contribution < -0.4 is 10.6 Å². The van der Waals surface area contributed by atoms with E-state index in [2.05, 4.69) is 10.6 Å². The van der Waals surface area contributed by atoms with Crippen LogP contribution in [0.1, 0.15) is 5.69 Å². The van der Waals surface area contributed by atoms with Gasteiger partial charge in [-0.2, -0.15) is 8.78 Å². The number of amides is 2. The van der Waals surface area contributed by atoms with E-state index in [0.29, 0.717) is 12.2 Å². The number of anilines is 1. The Morgan fingerprint density at radius 3 is 2.39 bits per heavy atom. The van der Waals surface area contributed by atoms with Crippen LogP contribution in [0.3, 0.4) is 0 Å². The number of nitrogens with zero attached hydrogens (tertiary/aromatic N) is 1. The lowest BCUT2D eigenvalue weighted by Gasteiger charge is -2.09. The first-order valence-corrected chi connectivity index (χ1v) is 8.12. The van der Waals surface area contributed by atoms with E-state index in [0.717, 1.165) is 17.8 Å². The predicted octanol–water partition coefficient (Wildman–Crippen LogP) is 2.34. The molecular formula is C14H15F2N3O3S. The van der Waals surface area contributed by atoms with Crippen molar-refractivity contribution in [2.75, 3.05) is 5.32 Å². The fourth-order valence-corrected chi connectivity index (χ4v) is 2.58. The van der Waals surface area contributed by atoms with Gasteiger partial charge in [0.25, 0.3) is 0 Å². The lowest BCUT2D eigenvalue weighted by molar-refractivity contribution is 0.234. The first-order chi connectivity index (χ1) is 10.8. The van der Waals surface area contributed by atoms with Crippen LogP contribution in [0.25, 0.3) is 0 Å². The number of aryl methyl sites for hydroxylation is 1. The molecule has 2 rings (SSSR count). The lowest BCUT2D eigenvalue weighted by Crippen LogP contribution is -2.28. The van der Waals surface area contributed by atoms with E-state index in [1.54, 1.807) is 0 Å². The van der Waals surface area contributed by atoms with E-state index in [4.69, 9.17) is 0 Å². The minimum atomic E-state index is -4.63. The molecule has 1 heterocycles. The van der Waals surface area contributed by atoms with Gasteiger partial charge in [0.1, 0.15) is 0 Å². The number of hydrogen-bond donors (Lipinski definition) is 2. The van der Waals surface area contributed by atoms with Crippen molar-refractivity contribution in [2.24, 2.45) is 7.05 Å². The number of halogens is 2. The van der Waals surface area contributed by atoms with Crippen molar-refractivity contribution in [2.45, 2.75) is 17.2 Å². The Kier molecular flexibility index (Phi) is 4.99. The number of hydrogen-bond acceptors (Lipinski definition) is 3. The number of rotatable bonds is 5. The smallest absolute Gasteiger partial charge is 0.341 e. The monoisotopic (exact) mass is 343 g/mol. The minimum absolute atomic E-state index is 0.294. The second kappa shape index (κ2) is 6.78. The molecule has 1 aromatic heterocycles. The van der Waals surface area contributed by atoms with Crippen molar-refractivity contribution < 1.29 is 22.0 Å². The number of nitrogens with one attached hydrogen (secondary N) is 2. The third kappa shape index (κ3) is 4.07. The zero-order valence-corrected chi connectivity index (χ0v) is 13.0. The molecule has 0 saturated heterocycles. The summed E-state index contributed by atoms with van der Waals surface area (Å²) in [6, 6.07) is 7.74. The number of sulfone groups is 1. The molecule has 0 aliphatic rings. The molecule has 0 aliphatic carbocycles. The van der Waals surface area contributed by atoms with Crippen LogP contribution in [0.2, 0.25) is 0 Å². The molecule has 0 unspecified atom stereocenters. The average molecular weight is 343 g/mol. The second-order valence-corrected chi connectivity index (χ2v) is 6.67. The maximum atomic E-state index is 12.4. The van der Waals surface area contributed by atoms with Gasteiger partial charge >= 0.3 is 11.8 Å². The van der Waals surface area contributed by atoms with Gasteiger partial charge in [0, 0.05) is 24.6 Å². The van der Waals surface area contributed by atoms with E-state index >= 15 is 0 Å². The van der Waals surface area contributed by atoms with Crippen LogP contribution in [0, 0.1) is 0 Å². The molecule has 0 atom stereocenters. The number of alkyl halides is 2. The minimum Gasteiger partial charge on any atom is -0.353 e. The highest BCUT2D eigenvalue weighted by Gasteiger charge is 2.26. The summed E-state index contributed by atoms with van der Waals surface area (Å²) in [6.45, 7) is 0.313. The quantitative estimate of drug-likeness (QED) is 0.874. The first kappa shape index (κ1) is 16.9. The Balaban J connectivity index is 1.96. The summed E-state index contributed by atoms with van der Waals surface area (Å²) in [6.07, 6.45) is 1.84. The predicted molar refractivity (Wildman–Crippen MR) is 80.9 cm³/mol. The maximum absolute atomic E-state index is 12.4. The van der Waals surface area contributed by atoms with Gasteiger partial charge < -0.3 is 15.2 Å². The van der Waals surface area contributed by atoms with Crippen LogP contribution >= 0.6 is 0 Å². The number of aromatic nitrogens is 1. The molecule has 6 nitrogen and oxygen atoms in total. The number of carbonyl (C=O) groups is 1. The van der Waals surface area contributed by atoms with Crippen molar-refractivity contribution in [3.8, 4) is 0 Å². The van der Waals surface area contributed by atoms with Crippen molar-refractivity contribution >= 4 is 21.6 Å². The summed E-state index contributed by atoms with van der Waals surface area (Å²) in [4.78, 5) is 11.2. The van der Waals surface area contributed by atoms with Gasteiger partial charge in [-0.25, -0.2) is 13.2 Å². The Hall–Kier alpha value is -2.42. The van der Waals surface area contributed by atoms with Crippen molar-refractivity contribution in [3.63, 3.8) is 0 Å². The Bertz CT molecular complexity index is 786. The van der Waals surface area contributed by atoms with E-state index in [1.165, 1.54) is 12.1 Å². The maximum Gasteiger partial charge on any atom is 0.341 e. The summed E-state index contributed by atoms with van der Waals surface area (Å²) < 4.78 is 49.2. The van der Waals surface area contributed by atoms with Gasteiger partial charge in [-0.3, -0.25) is 0 Å². The summed E-state index contributed by atoms with van der Waals surface area (Å²) in [5.41, 5.74) is 1.20. The third-order valence-electron chi connectivity index (χ3n) is 3.16. The van der Waals surface area contributed by atoms with Crippen molar-refractivity contribution in [3.05, 3.63) is 48.3 Å². The molecule has 2 aromatic rings. The Morgan fingerprint density at radius 2 is 1.87 bits per heavy atom. The molecule has 124 valence electrons. The highest BCUT2D eigenvalue weighted by atomic mass is 32.2. The molecule has 0 saturated carbocycles. The van der Waals surface area contributed by atoms with E-state index in [-0.39, 0.29) is 0 Å². The molecule has 23 heavy (non-hydrogen) atoms. The summed E-state index contributed by atoms with van der Waals surface area (Å²) in [7, 11) is -2.79. The van der Waals surface area contributed by atoms with Crippen LogP contribution in [0.4, 0.5) is 19.3 Å². The normalized spacial score (nSPS) is 11.5. The fraction of sp³-hybridized carbons (Fsp3) is 0.214. The summed E-state index contributed by atoms with van der Waals surface area (Å²) >= 11 is 0. The van der Waals surface area contributed by atoms with E-state index in [1.807, 2.05) is 29.9 Å².